The smallest absolute Gasteiger partial charge is 0.261 e. The quantitative estimate of drug-likeness (QED) is 0.122. The molecule has 0 saturated carbocycles. The predicted molar refractivity (Wildman–Crippen MR) is 161 cm³/mol. The van der Waals surface area contributed by atoms with Gasteiger partial charge in [-0.15, -0.1) is 0 Å². The monoisotopic (exact) mass is 594 g/mol. The zero-order chi connectivity index (χ0) is 28.4. The van der Waals surface area contributed by atoms with Crippen molar-refractivity contribution in [3.8, 4) is 0 Å². The lowest BCUT2D eigenvalue weighted by Crippen LogP contribution is -2.45. The minimum atomic E-state index is -0.287. The summed E-state index contributed by atoms with van der Waals surface area (Å²) in [7, 11) is 0. The Hall–Kier alpha value is -3.84. The first-order chi connectivity index (χ1) is 19.1. The van der Waals surface area contributed by atoms with Gasteiger partial charge in [0.15, 0.2) is 0 Å². The van der Waals surface area contributed by atoms with Crippen molar-refractivity contribution in [1.82, 2.24) is 9.80 Å². The van der Waals surface area contributed by atoms with Crippen molar-refractivity contribution >= 4 is 82.6 Å². The topological polar surface area (TPSA) is 74.8 Å². The Bertz CT molecular complexity index is 1880. The summed E-state index contributed by atoms with van der Waals surface area (Å²) in [5.41, 5.74) is 2.99. The van der Waals surface area contributed by atoms with E-state index in [2.05, 4.69) is 15.9 Å². The molecule has 4 amide bonds. The molecule has 0 N–H and O–H groups in total. The van der Waals surface area contributed by atoms with Crippen molar-refractivity contribution in [2.24, 2.45) is 0 Å². The van der Waals surface area contributed by atoms with Crippen LogP contribution in [0.5, 0.6) is 0 Å². The average Bonchev–Trinajstić information content (AvgIpc) is 2.94. The number of fused-ring (bicyclic) bond motifs is 2. The van der Waals surface area contributed by atoms with Crippen molar-refractivity contribution in [1.29, 1.82) is 0 Å². The Morgan fingerprint density at radius 2 is 1.02 bits per heavy atom. The number of nitrogens with zero attached hydrogens (tertiary/aromatic N) is 2. The van der Waals surface area contributed by atoms with Gasteiger partial charge in [0.1, 0.15) is 0 Å². The van der Waals surface area contributed by atoms with Gasteiger partial charge in [0.05, 0.1) is 0 Å². The fourth-order valence-corrected chi connectivity index (χ4v) is 7.46. The molecule has 0 bridgehead atoms. The fourth-order valence-electron chi connectivity index (χ4n) is 6.82. The summed E-state index contributed by atoms with van der Waals surface area (Å²) in [4.78, 5) is 57.5. The van der Waals surface area contributed by atoms with E-state index < -0.39 is 0 Å². The lowest BCUT2D eigenvalue weighted by molar-refractivity contribution is 0.0532. The standard InChI is InChI=1S/C33H27BrN2O4/c1-6-15(4)35-30(37)19-11-9-18-27-23(34)13-22-26-20(31(38)36(33(22)40)16(5)7-2)10-8-17(29(26)27)24-14(3)12-21(32(35)39)25(19)28(18)24/h8-13,15-16H,6-7H2,1-5H3. The Kier molecular flexibility index (Phi) is 5.24. The molecule has 5 aromatic rings. The molecule has 7 heteroatoms. The van der Waals surface area contributed by atoms with Gasteiger partial charge in [0.2, 0.25) is 0 Å². The summed E-state index contributed by atoms with van der Waals surface area (Å²) < 4.78 is 0.735. The number of benzene rings is 5. The number of hydrogen-bond acceptors (Lipinski definition) is 4. The molecule has 6 nitrogen and oxygen atoms in total. The van der Waals surface area contributed by atoms with Crippen LogP contribution in [0.1, 0.15) is 87.5 Å². The number of carbonyl (C=O) groups excluding carboxylic acids is 4. The van der Waals surface area contributed by atoms with Crippen LogP contribution in [-0.4, -0.2) is 45.5 Å². The first kappa shape index (κ1) is 25.1. The van der Waals surface area contributed by atoms with Gasteiger partial charge < -0.3 is 0 Å². The number of hydrogen-bond donors (Lipinski definition) is 0. The van der Waals surface area contributed by atoms with E-state index in [1.807, 2.05) is 71.0 Å². The molecule has 2 aliphatic heterocycles. The van der Waals surface area contributed by atoms with E-state index in [-0.39, 0.29) is 35.7 Å². The van der Waals surface area contributed by atoms with Crippen LogP contribution in [0.4, 0.5) is 0 Å². The normalized spacial score (nSPS) is 16.9. The maximum absolute atomic E-state index is 13.7. The number of halogens is 1. The Balaban J connectivity index is 1.66. The molecule has 2 aliphatic rings. The van der Waals surface area contributed by atoms with Crippen molar-refractivity contribution in [2.45, 2.75) is 59.5 Å². The molecule has 2 unspecified atom stereocenters. The summed E-state index contributed by atoms with van der Waals surface area (Å²) in [5, 5.41) is 6.63. The molecule has 7 rings (SSSR count). The first-order valence-corrected chi connectivity index (χ1v) is 14.6. The van der Waals surface area contributed by atoms with Crippen LogP contribution >= 0.6 is 15.9 Å². The van der Waals surface area contributed by atoms with Gasteiger partial charge >= 0.3 is 0 Å². The minimum Gasteiger partial charge on any atom is -0.272 e. The van der Waals surface area contributed by atoms with E-state index in [1.54, 1.807) is 0 Å². The van der Waals surface area contributed by atoms with Gasteiger partial charge in [-0.05, 0) is 85.0 Å². The molecule has 200 valence electrons. The van der Waals surface area contributed by atoms with Crippen LogP contribution in [0.15, 0.2) is 40.9 Å². The molecular weight excluding hydrogens is 568 g/mol. The Morgan fingerprint density at radius 3 is 1.52 bits per heavy atom. The van der Waals surface area contributed by atoms with Gasteiger partial charge in [-0.2, -0.15) is 0 Å². The highest BCUT2D eigenvalue weighted by Crippen LogP contribution is 2.49. The molecule has 0 aliphatic carbocycles. The van der Waals surface area contributed by atoms with Crippen molar-refractivity contribution in [3.63, 3.8) is 0 Å². The second-order valence-corrected chi connectivity index (χ2v) is 12.0. The lowest BCUT2D eigenvalue weighted by Gasteiger charge is -2.34. The number of imide groups is 2. The summed E-state index contributed by atoms with van der Waals surface area (Å²) >= 11 is 3.77. The highest BCUT2D eigenvalue weighted by atomic mass is 79.9. The molecule has 2 heterocycles. The molecule has 2 atom stereocenters. The van der Waals surface area contributed by atoms with Gasteiger partial charge in [-0.1, -0.05) is 41.9 Å². The zero-order valence-corrected chi connectivity index (χ0v) is 24.5. The van der Waals surface area contributed by atoms with Crippen LogP contribution in [-0.2, 0) is 0 Å². The lowest BCUT2D eigenvalue weighted by atomic mass is 9.80. The molecule has 0 aromatic heterocycles. The van der Waals surface area contributed by atoms with Gasteiger partial charge in [0.25, 0.3) is 23.6 Å². The largest absolute Gasteiger partial charge is 0.272 e. The maximum Gasteiger partial charge on any atom is 0.261 e. The highest BCUT2D eigenvalue weighted by molar-refractivity contribution is 9.10. The van der Waals surface area contributed by atoms with E-state index >= 15 is 0 Å². The second kappa shape index (κ2) is 8.33. The molecule has 0 radical (unpaired) electrons. The molecular formula is C33H27BrN2O4. The highest BCUT2D eigenvalue weighted by Gasteiger charge is 2.39. The van der Waals surface area contributed by atoms with Gasteiger partial charge in [-0.3, -0.25) is 29.0 Å². The minimum absolute atomic E-state index is 0.216. The zero-order valence-electron chi connectivity index (χ0n) is 22.9. The third kappa shape index (κ3) is 2.88. The predicted octanol–water partition coefficient (Wildman–Crippen LogP) is 7.60. The Morgan fingerprint density at radius 1 is 0.600 bits per heavy atom. The van der Waals surface area contributed by atoms with Gasteiger partial charge in [0, 0.05) is 60.4 Å². The third-order valence-corrected chi connectivity index (χ3v) is 9.74. The SMILES string of the molecule is CCC(C)N1C(=O)c2ccc3c4c(Br)cc5c6c(ccc(c7c(C)cc(c2c37)C1=O)c64)C(=O)N(C(C)CC)C5=O. The number of amides is 4. The van der Waals surface area contributed by atoms with Crippen LogP contribution in [0.3, 0.4) is 0 Å². The van der Waals surface area contributed by atoms with E-state index in [0.717, 1.165) is 42.4 Å². The summed E-state index contributed by atoms with van der Waals surface area (Å²) in [6.45, 7) is 9.70. The van der Waals surface area contributed by atoms with E-state index in [9.17, 15) is 19.2 Å². The average molecular weight is 595 g/mol. The van der Waals surface area contributed by atoms with Gasteiger partial charge in [-0.25, -0.2) is 0 Å². The van der Waals surface area contributed by atoms with Crippen LogP contribution in [0.2, 0.25) is 0 Å². The summed E-state index contributed by atoms with van der Waals surface area (Å²) in [5.74, 6) is -1.11. The van der Waals surface area contributed by atoms with Crippen molar-refractivity contribution in [3.05, 3.63) is 68.7 Å². The molecule has 5 aromatic carbocycles. The summed E-state index contributed by atoms with van der Waals surface area (Å²) in [6.07, 6.45) is 1.34. The van der Waals surface area contributed by atoms with Crippen molar-refractivity contribution in [2.75, 3.05) is 0 Å². The molecule has 0 spiro atoms. The second-order valence-electron chi connectivity index (χ2n) is 11.2. The fraction of sp³-hybridized carbons (Fsp3) is 0.273. The van der Waals surface area contributed by atoms with Crippen LogP contribution < -0.4 is 0 Å². The molecule has 0 fully saturated rings. The summed E-state index contributed by atoms with van der Waals surface area (Å²) in [6, 6.07) is 10.8. The van der Waals surface area contributed by atoms with Crippen LogP contribution in [0, 0.1) is 6.92 Å². The molecule has 0 saturated heterocycles. The van der Waals surface area contributed by atoms with E-state index in [4.69, 9.17) is 0 Å². The number of carbonyl (C=O) groups is 4. The third-order valence-electron chi connectivity index (χ3n) is 9.11. The van der Waals surface area contributed by atoms with Crippen LogP contribution in [0.25, 0.3) is 43.1 Å². The maximum atomic E-state index is 13.7. The first-order valence-electron chi connectivity index (χ1n) is 13.8. The van der Waals surface area contributed by atoms with E-state index in [0.29, 0.717) is 45.9 Å². The van der Waals surface area contributed by atoms with E-state index in [1.165, 1.54) is 9.80 Å². The number of rotatable bonds is 4. The van der Waals surface area contributed by atoms with Crippen molar-refractivity contribution < 1.29 is 19.2 Å². The number of aryl methyl sites for hydroxylation is 1. The Labute approximate surface area is 239 Å². The molecule has 40 heavy (non-hydrogen) atoms.